The lowest BCUT2D eigenvalue weighted by atomic mass is 10.1. The fourth-order valence-electron chi connectivity index (χ4n) is 4.29. The van der Waals surface area contributed by atoms with Crippen LogP contribution in [0.15, 0.2) is 49.1 Å². The van der Waals surface area contributed by atoms with Crippen LogP contribution in [-0.2, 0) is 4.79 Å². The fourth-order valence-corrected chi connectivity index (χ4v) is 4.29. The first-order valence-electron chi connectivity index (χ1n) is 11.7. The first-order chi connectivity index (χ1) is 16.8. The van der Waals surface area contributed by atoms with Crippen molar-refractivity contribution in [1.82, 2.24) is 20.1 Å². The number of anilines is 3. The van der Waals surface area contributed by atoms with Gasteiger partial charge in [-0.2, -0.15) is 0 Å². The second-order valence-electron chi connectivity index (χ2n) is 8.87. The molecule has 0 spiro atoms. The summed E-state index contributed by atoms with van der Waals surface area (Å²) < 4.78 is 0. The third kappa shape index (κ3) is 5.78. The van der Waals surface area contributed by atoms with Crippen LogP contribution in [0.1, 0.15) is 27.1 Å². The fraction of sp³-hybridized carbons (Fsp3) is 0.360. The summed E-state index contributed by atoms with van der Waals surface area (Å²) in [7, 11) is 2.05. The Morgan fingerprint density at radius 1 is 1.06 bits per heavy atom. The largest absolute Gasteiger partial charge is 0.365 e. The number of benzene rings is 1. The van der Waals surface area contributed by atoms with E-state index in [0.29, 0.717) is 49.1 Å². The monoisotopic (exact) mass is 477 g/mol. The third-order valence-electron chi connectivity index (χ3n) is 6.38. The van der Waals surface area contributed by atoms with Gasteiger partial charge >= 0.3 is 0 Å². The minimum atomic E-state index is -0.592. The van der Waals surface area contributed by atoms with E-state index in [1.165, 1.54) is 6.08 Å². The summed E-state index contributed by atoms with van der Waals surface area (Å²) in [6.07, 6.45) is 2.04. The van der Waals surface area contributed by atoms with Gasteiger partial charge < -0.3 is 31.1 Å². The van der Waals surface area contributed by atoms with Gasteiger partial charge in [0.2, 0.25) is 5.91 Å². The van der Waals surface area contributed by atoms with Crippen LogP contribution < -0.4 is 21.3 Å². The van der Waals surface area contributed by atoms with Crippen LogP contribution >= 0.6 is 0 Å². The van der Waals surface area contributed by atoms with E-state index >= 15 is 0 Å². The molecule has 2 aliphatic heterocycles. The van der Waals surface area contributed by atoms with Crippen molar-refractivity contribution in [3.63, 3.8) is 0 Å². The lowest BCUT2D eigenvalue weighted by molar-refractivity contribution is -0.117. The van der Waals surface area contributed by atoms with Gasteiger partial charge in [-0.15, -0.1) is 0 Å². The maximum absolute atomic E-state index is 12.8. The number of piperazine rings is 1. The molecule has 10 nitrogen and oxygen atoms in total. The molecule has 0 bridgehead atoms. The lowest BCUT2D eigenvalue weighted by Crippen LogP contribution is -2.47. The predicted octanol–water partition coefficient (Wildman–Crippen LogP) is 1.19. The molecule has 2 aliphatic rings. The maximum atomic E-state index is 12.8. The minimum absolute atomic E-state index is 0.0000827. The van der Waals surface area contributed by atoms with Crippen LogP contribution in [-0.4, -0.2) is 84.9 Å². The van der Waals surface area contributed by atoms with Gasteiger partial charge in [-0.3, -0.25) is 14.4 Å². The molecular formula is C25H31N7O3. The zero-order chi connectivity index (χ0) is 24.9. The Bertz CT molecular complexity index is 1110. The van der Waals surface area contributed by atoms with E-state index in [1.54, 1.807) is 36.4 Å². The van der Waals surface area contributed by atoms with Crippen molar-refractivity contribution in [2.24, 2.45) is 5.73 Å². The molecule has 0 unspecified atom stereocenters. The summed E-state index contributed by atoms with van der Waals surface area (Å²) in [5.74, 6) is 0.230. The molecule has 4 N–H and O–H groups in total. The van der Waals surface area contributed by atoms with Gasteiger partial charge in [0.1, 0.15) is 11.6 Å². The van der Waals surface area contributed by atoms with Gasteiger partial charge in [-0.1, -0.05) is 6.58 Å². The second-order valence-corrected chi connectivity index (χ2v) is 8.87. The average Bonchev–Trinajstić information content (AvgIpc) is 3.32. The topological polar surface area (TPSA) is 124 Å². The average molecular weight is 478 g/mol. The van der Waals surface area contributed by atoms with Gasteiger partial charge in [0.05, 0.1) is 5.56 Å². The number of carbonyl (C=O) groups is 3. The molecule has 3 amide bonds. The zero-order valence-electron chi connectivity index (χ0n) is 19.9. The van der Waals surface area contributed by atoms with Gasteiger partial charge in [0.15, 0.2) is 0 Å². The molecule has 4 rings (SSSR count). The molecule has 2 fully saturated rings. The molecular weight excluding hydrogens is 446 g/mol. The Morgan fingerprint density at radius 3 is 2.43 bits per heavy atom. The van der Waals surface area contributed by atoms with Crippen molar-refractivity contribution in [2.45, 2.75) is 12.5 Å². The summed E-state index contributed by atoms with van der Waals surface area (Å²) >= 11 is 0. The minimum Gasteiger partial charge on any atom is -0.365 e. The number of hydrogen-bond acceptors (Lipinski definition) is 7. The van der Waals surface area contributed by atoms with Crippen molar-refractivity contribution < 1.29 is 14.4 Å². The number of carbonyl (C=O) groups excluding carboxylic acids is 3. The standard InChI is InChI=1S/C25H31N7O3/c1-3-22(33)27-19-10-11-32(16-19)21-9-8-20(23(26)34)24(29-21)28-18-6-4-17(5-7-18)25(35)31-14-12-30(2)13-15-31/h3-9,19H,1,10-16H2,2H3,(H2,26,34)(H,27,33)(H,28,29)/t19-/m0/s1. The summed E-state index contributed by atoms with van der Waals surface area (Å²) in [4.78, 5) is 47.2. The Hall–Kier alpha value is -3.92. The van der Waals surface area contributed by atoms with Crippen LogP contribution in [0.2, 0.25) is 0 Å². The number of hydrogen-bond donors (Lipinski definition) is 3. The number of rotatable bonds is 7. The van der Waals surface area contributed by atoms with Gasteiger partial charge in [0.25, 0.3) is 11.8 Å². The number of likely N-dealkylation sites (N-methyl/N-ethyl adjacent to an activating group) is 1. The number of nitrogens with zero attached hydrogens (tertiary/aromatic N) is 4. The summed E-state index contributed by atoms with van der Waals surface area (Å²) in [6.45, 7) is 7.95. The molecule has 2 saturated heterocycles. The number of nitrogens with one attached hydrogen (secondary N) is 2. The van der Waals surface area contributed by atoms with Gasteiger partial charge in [-0.05, 0) is 55.9 Å². The molecule has 0 aliphatic carbocycles. The molecule has 35 heavy (non-hydrogen) atoms. The van der Waals surface area contributed by atoms with E-state index in [0.717, 1.165) is 19.5 Å². The van der Waals surface area contributed by atoms with E-state index in [4.69, 9.17) is 5.73 Å². The molecule has 1 atom stereocenters. The highest BCUT2D eigenvalue weighted by Crippen LogP contribution is 2.25. The van der Waals surface area contributed by atoms with Crippen molar-refractivity contribution in [2.75, 3.05) is 56.5 Å². The van der Waals surface area contributed by atoms with Crippen molar-refractivity contribution >= 4 is 35.0 Å². The van der Waals surface area contributed by atoms with Crippen molar-refractivity contribution in [3.05, 3.63) is 60.2 Å². The van der Waals surface area contributed by atoms with Crippen LogP contribution in [0, 0.1) is 0 Å². The highest BCUT2D eigenvalue weighted by molar-refractivity contribution is 5.99. The Kier molecular flexibility index (Phi) is 7.31. The smallest absolute Gasteiger partial charge is 0.253 e. The van der Waals surface area contributed by atoms with Gasteiger partial charge in [-0.25, -0.2) is 4.98 Å². The number of nitrogens with two attached hydrogens (primary N) is 1. The Labute approximate surface area is 204 Å². The number of primary amides is 1. The first kappa shape index (κ1) is 24.2. The maximum Gasteiger partial charge on any atom is 0.253 e. The van der Waals surface area contributed by atoms with Crippen LogP contribution in [0.5, 0.6) is 0 Å². The molecule has 0 radical (unpaired) electrons. The van der Waals surface area contributed by atoms with E-state index in [2.05, 4.69) is 34.1 Å². The number of aromatic nitrogens is 1. The Morgan fingerprint density at radius 2 is 1.77 bits per heavy atom. The van der Waals surface area contributed by atoms with E-state index < -0.39 is 5.91 Å². The van der Waals surface area contributed by atoms with Crippen LogP contribution in [0.3, 0.4) is 0 Å². The SMILES string of the molecule is C=CC(=O)N[C@H]1CCN(c2ccc(C(N)=O)c(Nc3ccc(C(=O)N4CCN(C)CC4)cc3)n2)C1. The second kappa shape index (κ2) is 10.6. The van der Waals surface area contributed by atoms with E-state index in [-0.39, 0.29) is 23.4 Å². The number of pyridine rings is 1. The quantitative estimate of drug-likeness (QED) is 0.512. The molecule has 1 aromatic carbocycles. The number of amides is 3. The normalized spacial score (nSPS) is 18.3. The summed E-state index contributed by atoms with van der Waals surface area (Å²) in [5.41, 5.74) is 7.14. The zero-order valence-corrected chi connectivity index (χ0v) is 19.9. The summed E-state index contributed by atoms with van der Waals surface area (Å²) in [6, 6.07) is 10.5. The van der Waals surface area contributed by atoms with Crippen molar-refractivity contribution in [3.8, 4) is 0 Å². The van der Waals surface area contributed by atoms with E-state index in [9.17, 15) is 14.4 Å². The Balaban J connectivity index is 1.47. The molecule has 184 valence electrons. The van der Waals surface area contributed by atoms with Gasteiger partial charge in [0, 0.05) is 56.6 Å². The molecule has 1 aromatic heterocycles. The first-order valence-corrected chi connectivity index (χ1v) is 11.7. The molecule has 2 aromatic rings. The highest BCUT2D eigenvalue weighted by atomic mass is 16.2. The molecule has 0 saturated carbocycles. The highest BCUT2D eigenvalue weighted by Gasteiger charge is 2.25. The molecule has 3 heterocycles. The predicted molar refractivity (Wildman–Crippen MR) is 135 cm³/mol. The van der Waals surface area contributed by atoms with Crippen molar-refractivity contribution in [1.29, 1.82) is 0 Å². The van der Waals surface area contributed by atoms with Crippen LogP contribution in [0.25, 0.3) is 0 Å². The third-order valence-corrected chi connectivity index (χ3v) is 6.38. The van der Waals surface area contributed by atoms with Crippen LogP contribution in [0.4, 0.5) is 17.3 Å². The molecule has 10 heteroatoms. The summed E-state index contributed by atoms with van der Waals surface area (Å²) in [5, 5.41) is 6.07. The lowest BCUT2D eigenvalue weighted by Gasteiger charge is -2.32. The van der Waals surface area contributed by atoms with E-state index in [1.807, 2.05) is 9.80 Å².